The second-order valence-corrected chi connectivity index (χ2v) is 7.49. The van der Waals surface area contributed by atoms with Crippen LogP contribution in [0.5, 0.6) is 0 Å². The minimum atomic E-state index is -0.679. The monoisotopic (exact) mass is 366 g/mol. The number of carboxylic acid groups (broad SMARTS) is 1. The van der Waals surface area contributed by atoms with Crippen LogP contribution in [0.1, 0.15) is 47.2 Å². The fourth-order valence-corrected chi connectivity index (χ4v) is 4.28. The highest BCUT2D eigenvalue weighted by atomic mass is 35.5. The molecule has 0 aromatic carbocycles. The number of nitrogens with zero attached hydrogens (tertiary/aromatic N) is 3. The normalized spacial score (nSPS) is 20.8. The first-order chi connectivity index (χ1) is 11.6. The van der Waals surface area contributed by atoms with Crippen molar-refractivity contribution in [1.29, 1.82) is 0 Å². The van der Waals surface area contributed by atoms with Crippen molar-refractivity contribution in [2.75, 3.05) is 12.4 Å². The molecule has 0 atom stereocenters. The van der Waals surface area contributed by atoms with E-state index in [0.29, 0.717) is 17.5 Å². The van der Waals surface area contributed by atoms with Crippen LogP contribution in [0, 0.1) is 5.92 Å². The molecule has 2 aromatic rings. The Morgan fingerprint density at radius 1 is 1.38 bits per heavy atom. The molecule has 1 saturated carbocycles. The van der Waals surface area contributed by atoms with Crippen LogP contribution in [0.2, 0.25) is 5.15 Å². The van der Waals surface area contributed by atoms with Gasteiger partial charge in [-0.1, -0.05) is 11.6 Å². The van der Waals surface area contributed by atoms with Gasteiger partial charge in [-0.05, 0) is 31.7 Å². The second-order valence-electron chi connectivity index (χ2n) is 6.01. The molecule has 0 bridgehead atoms. The number of carboxylic acids is 1. The van der Waals surface area contributed by atoms with E-state index in [0.717, 1.165) is 46.9 Å². The van der Waals surface area contributed by atoms with E-state index >= 15 is 0 Å². The summed E-state index contributed by atoms with van der Waals surface area (Å²) < 4.78 is 0. The molecule has 6 nitrogen and oxygen atoms in total. The highest BCUT2D eigenvalue weighted by Crippen LogP contribution is 2.37. The average Bonchev–Trinajstić information content (AvgIpc) is 3.05. The zero-order valence-electron chi connectivity index (χ0n) is 13.3. The van der Waals surface area contributed by atoms with Gasteiger partial charge in [0.2, 0.25) is 0 Å². The number of anilines is 1. The van der Waals surface area contributed by atoms with Crippen LogP contribution in [0.4, 0.5) is 5.69 Å². The molecule has 0 spiro atoms. The van der Waals surface area contributed by atoms with Crippen LogP contribution in [0.25, 0.3) is 0 Å². The van der Waals surface area contributed by atoms with E-state index in [1.54, 1.807) is 23.6 Å². The minimum Gasteiger partial charge on any atom is -0.481 e. The molecule has 2 aromatic heterocycles. The highest BCUT2D eigenvalue weighted by Gasteiger charge is 2.28. The molecule has 2 N–H and O–H groups in total. The van der Waals surface area contributed by atoms with Crippen LogP contribution < -0.4 is 5.32 Å². The van der Waals surface area contributed by atoms with Crippen LogP contribution in [0.15, 0.2) is 12.3 Å². The minimum absolute atomic E-state index is 0.202. The molecule has 2 heterocycles. The first-order valence-corrected chi connectivity index (χ1v) is 9.13. The highest BCUT2D eigenvalue weighted by molar-refractivity contribution is 7.11. The Hall–Kier alpha value is -1.73. The summed E-state index contributed by atoms with van der Waals surface area (Å²) in [7, 11) is 1.85. The summed E-state index contributed by atoms with van der Waals surface area (Å²) >= 11 is 7.53. The molecule has 0 radical (unpaired) electrons. The summed E-state index contributed by atoms with van der Waals surface area (Å²) in [6.45, 7) is 0. The SMILES string of the molecule is CNc1cc(Cl)ncc1Cc1nnc(C2CCC(C(=O)O)CC2)s1. The maximum absolute atomic E-state index is 11.0. The summed E-state index contributed by atoms with van der Waals surface area (Å²) in [5.74, 6) is -0.549. The molecule has 1 fully saturated rings. The van der Waals surface area contributed by atoms with Gasteiger partial charge in [-0.15, -0.1) is 21.5 Å². The summed E-state index contributed by atoms with van der Waals surface area (Å²) in [5, 5.41) is 23.2. The lowest BCUT2D eigenvalue weighted by atomic mass is 9.82. The third-order valence-corrected chi connectivity index (χ3v) is 5.76. The maximum Gasteiger partial charge on any atom is 0.306 e. The van der Waals surface area contributed by atoms with E-state index in [1.807, 2.05) is 7.05 Å². The number of nitrogens with one attached hydrogen (secondary N) is 1. The van der Waals surface area contributed by atoms with Gasteiger partial charge in [-0.25, -0.2) is 4.98 Å². The molecule has 128 valence electrons. The molecular formula is C16H19ClN4O2S. The average molecular weight is 367 g/mol. The Kier molecular flexibility index (Phi) is 5.30. The summed E-state index contributed by atoms with van der Waals surface area (Å²) in [4.78, 5) is 15.2. The van der Waals surface area contributed by atoms with Crippen molar-refractivity contribution in [3.8, 4) is 0 Å². The molecule has 1 aliphatic rings. The Morgan fingerprint density at radius 2 is 2.12 bits per heavy atom. The van der Waals surface area contributed by atoms with Crippen molar-refractivity contribution in [3.63, 3.8) is 0 Å². The summed E-state index contributed by atoms with van der Waals surface area (Å²) in [5.41, 5.74) is 1.97. The predicted octanol–water partition coefficient (Wildman–Crippen LogP) is 3.58. The second kappa shape index (κ2) is 7.44. The Labute approximate surface area is 149 Å². The maximum atomic E-state index is 11.0. The van der Waals surface area contributed by atoms with E-state index in [9.17, 15) is 4.79 Å². The summed E-state index contributed by atoms with van der Waals surface area (Å²) in [6, 6.07) is 1.80. The molecule has 0 saturated heterocycles. The van der Waals surface area contributed by atoms with Gasteiger partial charge in [0, 0.05) is 36.8 Å². The number of hydrogen-bond donors (Lipinski definition) is 2. The Bertz CT molecular complexity index is 729. The molecule has 3 rings (SSSR count). The molecule has 1 aliphatic carbocycles. The fourth-order valence-electron chi connectivity index (χ4n) is 3.09. The number of carbonyl (C=O) groups is 1. The van der Waals surface area contributed by atoms with Crippen molar-refractivity contribution in [2.45, 2.75) is 38.0 Å². The van der Waals surface area contributed by atoms with E-state index in [1.165, 1.54) is 0 Å². The number of rotatable bonds is 5. The first-order valence-electron chi connectivity index (χ1n) is 7.94. The van der Waals surface area contributed by atoms with E-state index < -0.39 is 5.97 Å². The number of aliphatic carboxylic acids is 1. The lowest BCUT2D eigenvalue weighted by Gasteiger charge is -2.23. The van der Waals surface area contributed by atoms with E-state index in [-0.39, 0.29) is 5.92 Å². The zero-order chi connectivity index (χ0) is 17.1. The van der Waals surface area contributed by atoms with Crippen LogP contribution >= 0.6 is 22.9 Å². The number of halogens is 1. The van der Waals surface area contributed by atoms with Crippen LogP contribution in [0.3, 0.4) is 0 Å². The number of pyridine rings is 1. The lowest BCUT2D eigenvalue weighted by molar-refractivity contribution is -0.142. The molecule has 24 heavy (non-hydrogen) atoms. The van der Waals surface area contributed by atoms with Gasteiger partial charge >= 0.3 is 5.97 Å². The molecule has 0 aliphatic heterocycles. The predicted molar refractivity (Wildman–Crippen MR) is 93.8 cm³/mol. The molecule has 8 heteroatoms. The van der Waals surface area contributed by atoms with Gasteiger partial charge in [-0.3, -0.25) is 4.79 Å². The van der Waals surface area contributed by atoms with Gasteiger partial charge in [0.15, 0.2) is 0 Å². The molecule has 0 amide bonds. The quantitative estimate of drug-likeness (QED) is 0.786. The molecule has 0 unspecified atom stereocenters. The summed E-state index contributed by atoms with van der Waals surface area (Å²) in [6.07, 6.45) is 5.60. The standard InChI is InChI=1S/C16H19ClN4O2S/c1-18-12-7-13(17)19-8-11(12)6-14-20-21-15(24-14)9-2-4-10(5-3-9)16(22)23/h7-10H,2-6H2,1H3,(H,18,19)(H,22,23). The fraction of sp³-hybridized carbons (Fsp3) is 0.500. The largest absolute Gasteiger partial charge is 0.481 e. The number of hydrogen-bond acceptors (Lipinski definition) is 6. The van der Waals surface area contributed by atoms with Crippen LogP contribution in [-0.2, 0) is 11.2 Å². The third-order valence-electron chi connectivity index (χ3n) is 4.47. The number of aromatic nitrogens is 3. The van der Waals surface area contributed by atoms with Crippen molar-refractivity contribution in [1.82, 2.24) is 15.2 Å². The Balaban J connectivity index is 1.67. The van der Waals surface area contributed by atoms with Crippen molar-refractivity contribution in [3.05, 3.63) is 33.0 Å². The third kappa shape index (κ3) is 3.84. The van der Waals surface area contributed by atoms with E-state index in [2.05, 4.69) is 20.5 Å². The van der Waals surface area contributed by atoms with Gasteiger partial charge in [0.05, 0.1) is 5.92 Å². The topological polar surface area (TPSA) is 88.0 Å². The van der Waals surface area contributed by atoms with Crippen molar-refractivity contribution < 1.29 is 9.90 Å². The first kappa shape index (κ1) is 17.1. The van der Waals surface area contributed by atoms with Crippen molar-refractivity contribution >= 4 is 34.6 Å². The van der Waals surface area contributed by atoms with Gasteiger partial charge in [-0.2, -0.15) is 0 Å². The smallest absolute Gasteiger partial charge is 0.306 e. The zero-order valence-corrected chi connectivity index (χ0v) is 14.9. The van der Waals surface area contributed by atoms with Gasteiger partial charge < -0.3 is 10.4 Å². The van der Waals surface area contributed by atoms with Crippen LogP contribution in [-0.4, -0.2) is 33.3 Å². The van der Waals surface area contributed by atoms with Gasteiger partial charge in [0.25, 0.3) is 0 Å². The lowest BCUT2D eigenvalue weighted by Crippen LogP contribution is -2.20. The van der Waals surface area contributed by atoms with Crippen molar-refractivity contribution in [2.24, 2.45) is 5.92 Å². The molecular weight excluding hydrogens is 348 g/mol. The van der Waals surface area contributed by atoms with E-state index in [4.69, 9.17) is 16.7 Å². The Morgan fingerprint density at radius 3 is 2.79 bits per heavy atom. The van der Waals surface area contributed by atoms with Gasteiger partial charge in [0.1, 0.15) is 15.2 Å².